The summed E-state index contributed by atoms with van der Waals surface area (Å²) in [7, 11) is 1.23. The number of carbonyl (C=O) groups is 2. The Balaban J connectivity index is 3.11. The highest BCUT2D eigenvalue weighted by Gasteiger charge is 2.14. The van der Waals surface area contributed by atoms with Gasteiger partial charge in [0, 0.05) is 11.6 Å². The molecule has 0 saturated heterocycles. The zero-order valence-corrected chi connectivity index (χ0v) is 11.1. The summed E-state index contributed by atoms with van der Waals surface area (Å²) in [5.74, 6) is -1.37. The molecule has 1 aromatic rings. The summed E-state index contributed by atoms with van der Waals surface area (Å²) in [6, 6.07) is 3.17. The molecular formula is C14H16O5. The largest absolute Gasteiger partial charge is 0.506 e. The van der Waals surface area contributed by atoms with E-state index >= 15 is 0 Å². The van der Waals surface area contributed by atoms with E-state index in [-0.39, 0.29) is 17.9 Å². The van der Waals surface area contributed by atoms with Crippen molar-refractivity contribution >= 4 is 18.0 Å². The van der Waals surface area contributed by atoms with Gasteiger partial charge in [-0.2, -0.15) is 0 Å². The number of phenolic OH excluding ortho intramolecular Hbond substituents is 1. The number of hydrogen-bond donors (Lipinski definition) is 1. The molecular weight excluding hydrogens is 248 g/mol. The van der Waals surface area contributed by atoms with Crippen LogP contribution in [0.25, 0.3) is 6.08 Å². The summed E-state index contributed by atoms with van der Waals surface area (Å²) >= 11 is 0. The number of aromatic hydroxyl groups is 1. The predicted molar refractivity (Wildman–Crippen MR) is 69.9 cm³/mol. The van der Waals surface area contributed by atoms with Crippen molar-refractivity contribution in [1.82, 2.24) is 0 Å². The number of esters is 2. The van der Waals surface area contributed by atoms with E-state index in [4.69, 9.17) is 4.74 Å². The molecule has 0 aliphatic rings. The lowest BCUT2D eigenvalue weighted by molar-refractivity contribution is -0.137. The molecule has 0 aromatic heterocycles. The maximum Gasteiger partial charge on any atom is 0.341 e. The fraction of sp³-hybridized carbons (Fsp3) is 0.286. The van der Waals surface area contributed by atoms with E-state index in [2.05, 4.69) is 4.74 Å². The fourth-order valence-electron chi connectivity index (χ4n) is 1.55. The molecule has 0 saturated carbocycles. The Labute approximate surface area is 111 Å². The van der Waals surface area contributed by atoms with Crippen LogP contribution in [0.5, 0.6) is 5.75 Å². The maximum atomic E-state index is 11.5. The van der Waals surface area contributed by atoms with E-state index in [1.165, 1.54) is 25.3 Å². The number of rotatable bonds is 4. The molecule has 0 atom stereocenters. The van der Waals surface area contributed by atoms with Crippen molar-refractivity contribution in [2.75, 3.05) is 13.7 Å². The average molecular weight is 264 g/mol. The van der Waals surface area contributed by atoms with Crippen molar-refractivity contribution in [2.45, 2.75) is 13.8 Å². The average Bonchev–Trinajstić information content (AvgIpc) is 2.38. The fourth-order valence-corrected chi connectivity index (χ4v) is 1.55. The molecule has 0 bridgehead atoms. The second-order valence-corrected chi connectivity index (χ2v) is 3.83. The number of phenols is 1. The number of benzene rings is 1. The van der Waals surface area contributed by atoms with Gasteiger partial charge in [-0.3, -0.25) is 0 Å². The Bertz CT molecular complexity index is 517. The zero-order chi connectivity index (χ0) is 14.4. The van der Waals surface area contributed by atoms with Crippen molar-refractivity contribution in [1.29, 1.82) is 0 Å². The van der Waals surface area contributed by atoms with Crippen LogP contribution in [0.3, 0.4) is 0 Å². The van der Waals surface area contributed by atoms with Gasteiger partial charge in [-0.1, -0.05) is 0 Å². The second-order valence-electron chi connectivity index (χ2n) is 3.83. The molecule has 0 heterocycles. The lowest BCUT2D eigenvalue weighted by Crippen LogP contribution is -2.03. The van der Waals surface area contributed by atoms with Gasteiger partial charge in [0.15, 0.2) is 0 Å². The van der Waals surface area contributed by atoms with Crippen LogP contribution < -0.4 is 0 Å². The van der Waals surface area contributed by atoms with Crippen LogP contribution in [0.4, 0.5) is 0 Å². The van der Waals surface area contributed by atoms with Crippen LogP contribution in [0.2, 0.25) is 0 Å². The monoisotopic (exact) mass is 264 g/mol. The highest BCUT2D eigenvalue weighted by molar-refractivity contribution is 5.95. The van der Waals surface area contributed by atoms with Gasteiger partial charge in [0.1, 0.15) is 11.3 Å². The molecule has 5 heteroatoms. The van der Waals surface area contributed by atoms with Gasteiger partial charge < -0.3 is 14.6 Å². The number of hydrogen-bond acceptors (Lipinski definition) is 5. The third-order valence-electron chi connectivity index (χ3n) is 2.37. The Morgan fingerprint density at radius 3 is 2.63 bits per heavy atom. The Kier molecular flexibility index (Phi) is 5.11. The van der Waals surface area contributed by atoms with Gasteiger partial charge in [0.2, 0.25) is 0 Å². The Hall–Kier alpha value is -2.30. The number of aryl methyl sites for hydroxylation is 1. The first-order chi connectivity index (χ1) is 8.99. The van der Waals surface area contributed by atoms with Gasteiger partial charge in [0.05, 0.1) is 13.7 Å². The normalized spacial score (nSPS) is 10.5. The van der Waals surface area contributed by atoms with Crippen molar-refractivity contribution in [3.8, 4) is 5.75 Å². The smallest absolute Gasteiger partial charge is 0.341 e. The number of methoxy groups -OCH3 is 1. The first-order valence-corrected chi connectivity index (χ1v) is 5.76. The molecule has 0 aliphatic heterocycles. The van der Waals surface area contributed by atoms with E-state index in [1.807, 2.05) is 0 Å². The summed E-state index contributed by atoms with van der Waals surface area (Å²) in [5.41, 5.74) is 1.18. The topological polar surface area (TPSA) is 72.8 Å². The van der Waals surface area contributed by atoms with Crippen LogP contribution in [-0.4, -0.2) is 30.8 Å². The van der Waals surface area contributed by atoms with Crippen LogP contribution in [0.15, 0.2) is 18.2 Å². The van der Waals surface area contributed by atoms with Crippen molar-refractivity contribution in [3.63, 3.8) is 0 Å². The van der Waals surface area contributed by atoms with Gasteiger partial charge in [-0.25, -0.2) is 9.59 Å². The van der Waals surface area contributed by atoms with Crippen molar-refractivity contribution < 1.29 is 24.2 Å². The third-order valence-corrected chi connectivity index (χ3v) is 2.37. The quantitative estimate of drug-likeness (QED) is 0.665. The van der Waals surface area contributed by atoms with Crippen molar-refractivity contribution in [3.05, 3.63) is 34.9 Å². The minimum absolute atomic E-state index is 0.0611. The lowest BCUT2D eigenvalue weighted by atomic mass is 10.0. The lowest BCUT2D eigenvalue weighted by Gasteiger charge is -2.07. The van der Waals surface area contributed by atoms with Gasteiger partial charge in [-0.05, 0) is 37.6 Å². The second kappa shape index (κ2) is 6.58. The van der Waals surface area contributed by atoms with Gasteiger partial charge in [-0.15, -0.1) is 0 Å². The molecule has 1 N–H and O–H groups in total. The molecule has 5 nitrogen and oxygen atoms in total. The SMILES string of the molecule is CCOC(=O)/C=C/c1cc(C)cc(C(=O)OC)c1O. The summed E-state index contributed by atoms with van der Waals surface area (Å²) in [4.78, 5) is 22.7. The third kappa shape index (κ3) is 3.84. The van der Waals surface area contributed by atoms with Crippen LogP contribution in [0, 0.1) is 6.92 Å². The maximum absolute atomic E-state index is 11.5. The minimum Gasteiger partial charge on any atom is -0.506 e. The molecule has 0 fully saturated rings. The van der Waals surface area contributed by atoms with E-state index in [0.29, 0.717) is 5.56 Å². The molecule has 102 valence electrons. The molecule has 19 heavy (non-hydrogen) atoms. The zero-order valence-electron chi connectivity index (χ0n) is 11.1. The summed E-state index contributed by atoms with van der Waals surface area (Å²) in [5, 5.41) is 9.95. The summed E-state index contributed by atoms with van der Waals surface area (Å²) in [6.45, 7) is 3.75. The van der Waals surface area contributed by atoms with Gasteiger partial charge in [0.25, 0.3) is 0 Å². The van der Waals surface area contributed by atoms with E-state index in [9.17, 15) is 14.7 Å². The molecule has 0 spiro atoms. The summed E-state index contributed by atoms with van der Waals surface area (Å²) < 4.78 is 9.31. The Morgan fingerprint density at radius 1 is 1.37 bits per heavy atom. The van der Waals surface area contributed by atoms with Gasteiger partial charge >= 0.3 is 11.9 Å². The molecule has 1 rings (SSSR count). The van der Waals surface area contributed by atoms with E-state index in [0.717, 1.165) is 5.56 Å². The van der Waals surface area contributed by atoms with Crippen LogP contribution >= 0.6 is 0 Å². The highest BCUT2D eigenvalue weighted by Crippen LogP contribution is 2.26. The molecule has 0 unspecified atom stereocenters. The first-order valence-electron chi connectivity index (χ1n) is 5.76. The molecule has 0 aliphatic carbocycles. The van der Waals surface area contributed by atoms with Crippen LogP contribution in [0.1, 0.15) is 28.4 Å². The first kappa shape index (κ1) is 14.8. The van der Waals surface area contributed by atoms with Crippen LogP contribution in [-0.2, 0) is 14.3 Å². The molecule has 1 aromatic carbocycles. The van der Waals surface area contributed by atoms with E-state index < -0.39 is 11.9 Å². The van der Waals surface area contributed by atoms with Crippen molar-refractivity contribution in [2.24, 2.45) is 0 Å². The number of ether oxygens (including phenoxy) is 2. The standard InChI is InChI=1S/C14H16O5/c1-4-19-12(15)6-5-10-7-9(2)8-11(13(10)16)14(17)18-3/h5-8,16H,4H2,1-3H3/b6-5+. The minimum atomic E-state index is -0.632. The molecule has 0 amide bonds. The molecule has 0 radical (unpaired) electrons. The highest BCUT2D eigenvalue weighted by atomic mass is 16.5. The van der Waals surface area contributed by atoms with E-state index in [1.54, 1.807) is 19.9 Å². The number of carbonyl (C=O) groups excluding carboxylic acids is 2. The Morgan fingerprint density at radius 2 is 2.05 bits per heavy atom. The predicted octanol–water partition coefficient (Wildman–Crippen LogP) is 2.06. The summed E-state index contributed by atoms with van der Waals surface area (Å²) in [6.07, 6.45) is 2.59.